The summed E-state index contributed by atoms with van der Waals surface area (Å²) in [7, 11) is -3.70. The third kappa shape index (κ3) is 5.03. The summed E-state index contributed by atoms with van der Waals surface area (Å²) in [4.78, 5) is 25.4. The number of fused-ring (bicyclic) bond motifs is 1. The van der Waals surface area contributed by atoms with Crippen molar-refractivity contribution in [2.45, 2.75) is 63.2 Å². The van der Waals surface area contributed by atoms with Gasteiger partial charge in [0.2, 0.25) is 15.8 Å². The molecule has 4 rings (SSSR count). The lowest BCUT2D eigenvalue weighted by molar-refractivity contribution is -0.0440. The second-order valence-electron chi connectivity index (χ2n) is 8.85. The minimum absolute atomic E-state index is 0.0996. The lowest BCUT2D eigenvalue weighted by Crippen LogP contribution is -2.48. The number of ether oxygens (including phenoxy) is 2. The number of ketones is 1. The second kappa shape index (κ2) is 9.37. The molecule has 1 aliphatic heterocycles. The first-order chi connectivity index (χ1) is 15.6. The van der Waals surface area contributed by atoms with Crippen LogP contribution >= 0.6 is 0 Å². The van der Waals surface area contributed by atoms with Crippen LogP contribution in [0.1, 0.15) is 59.0 Å². The highest BCUT2D eigenvalue weighted by atomic mass is 32.2. The van der Waals surface area contributed by atoms with E-state index >= 15 is 0 Å². The van der Waals surface area contributed by atoms with E-state index in [1.54, 1.807) is 13.0 Å². The minimum atomic E-state index is -3.70. The van der Waals surface area contributed by atoms with Crippen LogP contribution in [-0.4, -0.2) is 55.9 Å². The summed E-state index contributed by atoms with van der Waals surface area (Å²) in [6.45, 7) is 5.77. The van der Waals surface area contributed by atoms with Crippen LogP contribution in [0.15, 0.2) is 47.4 Å². The summed E-state index contributed by atoms with van der Waals surface area (Å²) in [6, 6.07) is 11.3. The molecule has 3 unspecified atom stereocenters. The van der Waals surface area contributed by atoms with Crippen LogP contribution in [0, 0.1) is 0 Å². The molecule has 7 nitrogen and oxygen atoms in total. The van der Waals surface area contributed by atoms with E-state index in [1.807, 2.05) is 26.0 Å². The fraction of sp³-hybridized carbons (Fsp3) is 0.440. The Morgan fingerprint density at radius 1 is 0.970 bits per heavy atom. The molecule has 2 aromatic rings. The lowest BCUT2D eigenvalue weighted by Gasteiger charge is -2.34. The highest BCUT2D eigenvalue weighted by molar-refractivity contribution is 7.89. The van der Waals surface area contributed by atoms with Crippen molar-refractivity contribution in [3.8, 4) is 0 Å². The number of carbonyl (C=O) groups is 2. The van der Waals surface area contributed by atoms with Gasteiger partial charge in [-0.1, -0.05) is 12.1 Å². The molecular weight excluding hydrogens is 442 g/mol. The van der Waals surface area contributed by atoms with Gasteiger partial charge in [-0.05, 0) is 81.5 Å². The Balaban J connectivity index is 1.42. The summed E-state index contributed by atoms with van der Waals surface area (Å²) >= 11 is 0. The SMILES string of the molecule is CC1CN(S(=O)(=O)c2ccc(C(=O)OC(C)C(=O)c3ccc4c(c3)CCC4)cc2)CC(C)O1. The number of Topliss-reactive ketones (excluding diaryl/α,β-unsaturated/α-hetero) is 1. The van der Waals surface area contributed by atoms with Crippen LogP contribution in [-0.2, 0) is 32.3 Å². The molecule has 0 amide bonds. The predicted octanol–water partition coefficient (Wildman–Crippen LogP) is 3.40. The van der Waals surface area contributed by atoms with Gasteiger partial charge in [0.05, 0.1) is 22.7 Å². The van der Waals surface area contributed by atoms with Crippen molar-refractivity contribution in [3.63, 3.8) is 0 Å². The van der Waals surface area contributed by atoms with Gasteiger partial charge >= 0.3 is 5.97 Å². The Bertz CT molecular complexity index is 1150. The quantitative estimate of drug-likeness (QED) is 0.474. The van der Waals surface area contributed by atoms with E-state index in [1.165, 1.54) is 39.7 Å². The standard InChI is InChI=1S/C25H29NO6S/c1-16-14-26(15-17(2)31-16)33(29,30)23-11-9-20(10-12-23)25(28)32-18(3)24(27)22-8-7-19-5-4-6-21(19)13-22/h7-13,16-18H,4-6,14-15H2,1-3H3. The summed E-state index contributed by atoms with van der Waals surface area (Å²) < 4.78 is 38.3. The molecule has 0 radical (unpaired) electrons. The number of hydrogen-bond acceptors (Lipinski definition) is 6. The normalized spacial score (nSPS) is 21.9. The van der Waals surface area contributed by atoms with Crippen molar-refractivity contribution in [2.24, 2.45) is 0 Å². The molecule has 2 aromatic carbocycles. The van der Waals surface area contributed by atoms with Crippen molar-refractivity contribution >= 4 is 21.8 Å². The Hall–Kier alpha value is -2.55. The monoisotopic (exact) mass is 471 g/mol. The largest absolute Gasteiger partial charge is 0.451 e. The maximum atomic E-state index is 13.0. The Morgan fingerprint density at radius 2 is 1.58 bits per heavy atom. The molecule has 8 heteroatoms. The topological polar surface area (TPSA) is 90.0 Å². The fourth-order valence-electron chi connectivity index (χ4n) is 4.48. The van der Waals surface area contributed by atoms with Crippen molar-refractivity contribution in [3.05, 3.63) is 64.7 Å². The molecule has 1 saturated heterocycles. The van der Waals surface area contributed by atoms with Crippen molar-refractivity contribution in [1.29, 1.82) is 0 Å². The van der Waals surface area contributed by atoms with Gasteiger partial charge in [-0.3, -0.25) is 4.79 Å². The highest BCUT2D eigenvalue weighted by Gasteiger charge is 2.32. The van der Waals surface area contributed by atoms with Crippen LogP contribution in [0.2, 0.25) is 0 Å². The number of nitrogens with zero attached hydrogens (tertiary/aromatic N) is 1. The number of benzene rings is 2. The Labute approximate surface area is 194 Å². The number of rotatable bonds is 6. The van der Waals surface area contributed by atoms with Crippen LogP contribution in [0.25, 0.3) is 0 Å². The van der Waals surface area contributed by atoms with E-state index in [0.29, 0.717) is 5.56 Å². The number of carbonyl (C=O) groups excluding carboxylic acids is 2. The van der Waals surface area contributed by atoms with Gasteiger partial charge in [0.25, 0.3) is 0 Å². The van der Waals surface area contributed by atoms with Crippen LogP contribution in [0.4, 0.5) is 0 Å². The number of sulfonamides is 1. The molecule has 3 atom stereocenters. The van der Waals surface area contributed by atoms with Gasteiger partial charge in [-0.2, -0.15) is 4.31 Å². The molecule has 0 bridgehead atoms. The zero-order chi connectivity index (χ0) is 23.8. The van der Waals surface area contributed by atoms with Gasteiger partial charge in [-0.15, -0.1) is 0 Å². The lowest BCUT2D eigenvalue weighted by atomic mass is 10.0. The van der Waals surface area contributed by atoms with E-state index in [4.69, 9.17) is 9.47 Å². The number of hydrogen-bond donors (Lipinski definition) is 0. The number of esters is 1. The van der Waals surface area contributed by atoms with E-state index in [-0.39, 0.29) is 41.5 Å². The van der Waals surface area contributed by atoms with Gasteiger partial charge in [0.15, 0.2) is 6.10 Å². The second-order valence-corrected chi connectivity index (χ2v) is 10.8. The van der Waals surface area contributed by atoms with E-state index in [2.05, 4.69) is 0 Å². The van der Waals surface area contributed by atoms with Crippen LogP contribution < -0.4 is 0 Å². The maximum absolute atomic E-state index is 13.0. The van der Waals surface area contributed by atoms with Gasteiger partial charge < -0.3 is 9.47 Å². The molecule has 0 spiro atoms. The van der Waals surface area contributed by atoms with Gasteiger partial charge in [0, 0.05) is 18.7 Å². The van der Waals surface area contributed by atoms with Crippen LogP contribution in [0.3, 0.4) is 0 Å². The molecule has 2 aliphatic rings. The predicted molar refractivity (Wildman–Crippen MR) is 123 cm³/mol. The molecule has 1 heterocycles. The first kappa shape index (κ1) is 23.6. The molecule has 33 heavy (non-hydrogen) atoms. The zero-order valence-electron chi connectivity index (χ0n) is 19.1. The molecule has 1 aliphatic carbocycles. The fourth-order valence-corrected chi connectivity index (χ4v) is 6.07. The molecular formula is C25H29NO6S. The first-order valence-corrected chi connectivity index (χ1v) is 12.7. The average molecular weight is 472 g/mol. The van der Waals surface area contributed by atoms with Crippen LogP contribution in [0.5, 0.6) is 0 Å². The molecule has 176 valence electrons. The van der Waals surface area contributed by atoms with E-state index in [0.717, 1.165) is 19.3 Å². The van der Waals surface area contributed by atoms with Crippen molar-refractivity contribution in [2.75, 3.05) is 13.1 Å². The first-order valence-electron chi connectivity index (χ1n) is 11.3. The summed E-state index contributed by atoms with van der Waals surface area (Å²) in [5.74, 6) is -0.928. The summed E-state index contributed by atoms with van der Waals surface area (Å²) in [6.07, 6.45) is 1.75. The van der Waals surface area contributed by atoms with Gasteiger partial charge in [-0.25, -0.2) is 13.2 Å². The highest BCUT2D eigenvalue weighted by Crippen LogP contribution is 2.24. The smallest absolute Gasteiger partial charge is 0.338 e. The van der Waals surface area contributed by atoms with E-state index < -0.39 is 22.1 Å². The van der Waals surface area contributed by atoms with Crippen molar-refractivity contribution in [1.82, 2.24) is 4.31 Å². The third-order valence-electron chi connectivity index (χ3n) is 6.15. The average Bonchev–Trinajstić information content (AvgIpc) is 3.26. The maximum Gasteiger partial charge on any atom is 0.338 e. The number of morpholine rings is 1. The Kier molecular flexibility index (Phi) is 6.70. The minimum Gasteiger partial charge on any atom is -0.451 e. The third-order valence-corrected chi connectivity index (χ3v) is 8.00. The molecule has 0 N–H and O–H groups in total. The summed E-state index contributed by atoms with van der Waals surface area (Å²) in [5, 5.41) is 0. The molecule has 1 fully saturated rings. The van der Waals surface area contributed by atoms with Gasteiger partial charge in [0.1, 0.15) is 0 Å². The Morgan fingerprint density at radius 3 is 2.24 bits per heavy atom. The molecule has 0 aromatic heterocycles. The molecule has 0 saturated carbocycles. The number of aryl methyl sites for hydroxylation is 2. The zero-order valence-corrected chi connectivity index (χ0v) is 19.9. The van der Waals surface area contributed by atoms with E-state index in [9.17, 15) is 18.0 Å². The summed E-state index contributed by atoms with van der Waals surface area (Å²) in [5.41, 5.74) is 3.17. The van der Waals surface area contributed by atoms with Crippen molar-refractivity contribution < 1.29 is 27.5 Å².